The molecule has 1 aromatic heterocycles. The Morgan fingerprint density at radius 2 is 2.20 bits per heavy atom. The minimum Gasteiger partial charge on any atom is -0.321 e. The molecule has 2 rings (SSSR count). The fraction of sp³-hybridized carbons (Fsp3) is 0.615. The maximum absolute atomic E-state index is 6.55. The molecular formula is C13H20N2. The van der Waals surface area contributed by atoms with Crippen molar-refractivity contribution in [1.82, 2.24) is 4.98 Å². The number of pyridine rings is 1. The van der Waals surface area contributed by atoms with E-state index in [9.17, 15) is 0 Å². The highest BCUT2D eigenvalue weighted by Crippen LogP contribution is 2.39. The topological polar surface area (TPSA) is 38.9 Å². The number of aromatic nitrogens is 1. The van der Waals surface area contributed by atoms with Gasteiger partial charge < -0.3 is 5.73 Å². The monoisotopic (exact) mass is 204 g/mol. The van der Waals surface area contributed by atoms with E-state index in [0.29, 0.717) is 5.92 Å². The molecular weight excluding hydrogens is 184 g/mol. The van der Waals surface area contributed by atoms with Crippen LogP contribution in [-0.2, 0) is 5.54 Å². The number of nitrogens with two attached hydrogens (primary N) is 1. The summed E-state index contributed by atoms with van der Waals surface area (Å²) in [6.45, 7) is 4.34. The first kappa shape index (κ1) is 10.6. The Labute approximate surface area is 91.9 Å². The number of hydrogen-bond acceptors (Lipinski definition) is 2. The molecule has 0 radical (unpaired) electrons. The van der Waals surface area contributed by atoms with Crippen molar-refractivity contribution < 1.29 is 0 Å². The lowest BCUT2D eigenvalue weighted by molar-refractivity contribution is 0.206. The van der Waals surface area contributed by atoms with Gasteiger partial charge in [-0.15, -0.1) is 0 Å². The second-order valence-corrected chi connectivity index (χ2v) is 4.94. The molecule has 2 unspecified atom stereocenters. The molecule has 0 saturated heterocycles. The zero-order valence-electron chi connectivity index (χ0n) is 9.66. The first-order valence-corrected chi connectivity index (χ1v) is 5.84. The molecule has 2 atom stereocenters. The van der Waals surface area contributed by atoms with E-state index in [2.05, 4.69) is 24.9 Å². The standard InChI is InChI=1S/C13H20N2/c1-10-7-12(9-15-8-10)13(14)6-4-3-5-11(13)2/h7-9,11H,3-6,14H2,1-2H3. The molecule has 0 aliphatic heterocycles. The van der Waals surface area contributed by atoms with E-state index >= 15 is 0 Å². The molecule has 1 aromatic rings. The lowest BCUT2D eigenvalue weighted by atomic mass is 9.71. The average molecular weight is 204 g/mol. The highest BCUT2D eigenvalue weighted by atomic mass is 14.8. The molecule has 0 aromatic carbocycles. The van der Waals surface area contributed by atoms with Gasteiger partial charge in [-0.25, -0.2) is 0 Å². The summed E-state index contributed by atoms with van der Waals surface area (Å²) in [7, 11) is 0. The molecule has 0 spiro atoms. The Hall–Kier alpha value is -0.890. The number of aryl methyl sites for hydroxylation is 1. The summed E-state index contributed by atoms with van der Waals surface area (Å²) < 4.78 is 0. The van der Waals surface area contributed by atoms with Gasteiger partial charge in [0.05, 0.1) is 0 Å². The summed E-state index contributed by atoms with van der Waals surface area (Å²) in [5, 5.41) is 0. The summed E-state index contributed by atoms with van der Waals surface area (Å²) >= 11 is 0. The van der Waals surface area contributed by atoms with Crippen LogP contribution in [0.4, 0.5) is 0 Å². The van der Waals surface area contributed by atoms with Crippen LogP contribution in [0, 0.1) is 12.8 Å². The summed E-state index contributed by atoms with van der Waals surface area (Å²) in [5.41, 5.74) is 8.83. The predicted octanol–water partition coefficient (Wildman–Crippen LogP) is 2.75. The third-order valence-electron chi connectivity index (χ3n) is 3.77. The molecule has 0 bridgehead atoms. The molecule has 2 N–H and O–H groups in total. The molecule has 2 heteroatoms. The van der Waals surface area contributed by atoms with Crippen molar-refractivity contribution in [2.24, 2.45) is 11.7 Å². The molecule has 1 aliphatic carbocycles. The van der Waals surface area contributed by atoms with Crippen LogP contribution in [0.5, 0.6) is 0 Å². The van der Waals surface area contributed by atoms with Gasteiger partial charge >= 0.3 is 0 Å². The van der Waals surface area contributed by atoms with Crippen LogP contribution in [0.15, 0.2) is 18.5 Å². The number of rotatable bonds is 1. The van der Waals surface area contributed by atoms with E-state index < -0.39 is 0 Å². The van der Waals surface area contributed by atoms with Crippen LogP contribution in [0.3, 0.4) is 0 Å². The van der Waals surface area contributed by atoms with Gasteiger partial charge in [0.2, 0.25) is 0 Å². The highest BCUT2D eigenvalue weighted by Gasteiger charge is 2.36. The van der Waals surface area contributed by atoms with Gasteiger partial charge in [-0.1, -0.05) is 25.8 Å². The molecule has 0 amide bonds. The van der Waals surface area contributed by atoms with Crippen LogP contribution in [-0.4, -0.2) is 4.98 Å². The normalized spacial score (nSPS) is 31.5. The van der Waals surface area contributed by atoms with Crippen molar-refractivity contribution in [3.05, 3.63) is 29.6 Å². The lowest BCUT2D eigenvalue weighted by Crippen LogP contribution is -2.45. The quantitative estimate of drug-likeness (QED) is 0.764. The molecule has 15 heavy (non-hydrogen) atoms. The molecule has 1 heterocycles. The third-order valence-corrected chi connectivity index (χ3v) is 3.77. The first-order chi connectivity index (χ1) is 7.13. The van der Waals surface area contributed by atoms with Crippen LogP contribution in [0.25, 0.3) is 0 Å². The van der Waals surface area contributed by atoms with Gasteiger partial charge in [0.25, 0.3) is 0 Å². The van der Waals surface area contributed by atoms with E-state index in [1.165, 1.54) is 30.4 Å². The van der Waals surface area contributed by atoms with Gasteiger partial charge in [-0.05, 0) is 36.8 Å². The van der Waals surface area contributed by atoms with Crippen LogP contribution < -0.4 is 5.73 Å². The summed E-state index contributed by atoms with van der Waals surface area (Å²) in [5.74, 6) is 0.565. The Balaban J connectivity index is 2.34. The van der Waals surface area contributed by atoms with Crippen molar-refractivity contribution in [3.8, 4) is 0 Å². The Kier molecular flexibility index (Phi) is 2.79. The van der Waals surface area contributed by atoms with Crippen molar-refractivity contribution >= 4 is 0 Å². The summed E-state index contributed by atoms with van der Waals surface area (Å²) in [6, 6.07) is 2.19. The fourth-order valence-corrected chi connectivity index (χ4v) is 2.61. The SMILES string of the molecule is Cc1cncc(C2(N)CCCCC2C)c1. The smallest absolute Gasteiger partial charge is 0.0450 e. The minimum absolute atomic E-state index is 0.142. The van der Waals surface area contributed by atoms with E-state index in [1.807, 2.05) is 12.4 Å². The van der Waals surface area contributed by atoms with Crippen LogP contribution >= 0.6 is 0 Å². The lowest BCUT2D eigenvalue weighted by Gasteiger charge is -2.39. The van der Waals surface area contributed by atoms with Crippen molar-refractivity contribution in [2.45, 2.75) is 45.1 Å². The van der Waals surface area contributed by atoms with E-state index in [0.717, 1.165) is 6.42 Å². The molecule has 2 nitrogen and oxygen atoms in total. The van der Waals surface area contributed by atoms with Gasteiger partial charge in [-0.3, -0.25) is 4.98 Å². The Morgan fingerprint density at radius 1 is 1.40 bits per heavy atom. The maximum Gasteiger partial charge on any atom is 0.0450 e. The fourth-order valence-electron chi connectivity index (χ4n) is 2.61. The van der Waals surface area contributed by atoms with Crippen molar-refractivity contribution in [3.63, 3.8) is 0 Å². The van der Waals surface area contributed by atoms with E-state index in [1.54, 1.807) is 0 Å². The second-order valence-electron chi connectivity index (χ2n) is 4.94. The minimum atomic E-state index is -0.142. The predicted molar refractivity (Wildman–Crippen MR) is 62.5 cm³/mol. The summed E-state index contributed by atoms with van der Waals surface area (Å²) in [6.07, 6.45) is 8.73. The molecule has 1 fully saturated rings. The number of hydrogen-bond donors (Lipinski definition) is 1. The summed E-state index contributed by atoms with van der Waals surface area (Å²) in [4.78, 5) is 4.26. The largest absolute Gasteiger partial charge is 0.321 e. The highest BCUT2D eigenvalue weighted by molar-refractivity contribution is 5.26. The maximum atomic E-state index is 6.55. The van der Waals surface area contributed by atoms with Crippen molar-refractivity contribution in [1.29, 1.82) is 0 Å². The van der Waals surface area contributed by atoms with Crippen LogP contribution in [0.2, 0.25) is 0 Å². The number of nitrogens with zero attached hydrogens (tertiary/aromatic N) is 1. The Morgan fingerprint density at radius 3 is 2.87 bits per heavy atom. The zero-order valence-corrected chi connectivity index (χ0v) is 9.66. The van der Waals surface area contributed by atoms with Crippen molar-refractivity contribution in [2.75, 3.05) is 0 Å². The van der Waals surface area contributed by atoms with Gasteiger partial charge in [-0.2, -0.15) is 0 Å². The molecule has 1 saturated carbocycles. The van der Waals surface area contributed by atoms with Gasteiger partial charge in [0, 0.05) is 17.9 Å². The first-order valence-electron chi connectivity index (χ1n) is 5.84. The van der Waals surface area contributed by atoms with E-state index in [4.69, 9.17) is 5.73 Å². The Bertz CT molecular complexity index is 348. The van der Waals surface area contributed by atoms with E-state index in [-0.39, 0.29) is 5.54 Å². The molecule has 1 aliphatic rings. The average Bonchev–Trinajstić information content (AvgIpc) is 2.23. The van der Waals surface area contributed by atoms with Crippen LogP contribution in [0.1, 0.15) is 43.7 Å². The zero-order chi connectivity index (χ0) is 10.9. The molecule has 82 valence electrons. The second kappa shape index (κ2) is 3.93. The van der Waals surface area contributed by atoms with Gasteiger partial charge in [0.15, 0.2) is 0 Å². The van der Waals surface area contributed by atoms with Gasteiger partial charge in [0.1, 0.15) is 0 Å². The third kappa shape index (κ3) is 1.91.